The molecule has 0 spiro atoms. The van der Waals surface area contributed by atoms with E-state index in [-0.39, 0.29) is 28.9 Å². The molecule has 1 aromatic heterocycles. The van der Waals surface area contributed by atoms with Crippen molar-refractivity contribution in [2.45, 2.75) is 62.8 Å². The maximum atomic E-state index is 14.1. The predicted octanol–water partition coefficient (Wildman–Crippen LogP) is 7.00. The second-order valence-corrected chi connectivity index (χ2v) is 17.4. The van der Waals surface area contributed by atoms with Crippen molar-refractivity contribution in [1.29, 1.82) is 0 Å². The molecule has 0 saturated carbocycles. The van der Waals surface area contributed by atoms with Crippen LogP contribution in [0.15, 0.2) is 47.8 Å². The Balaban J connectivity index is 1.10. The second kappa shape index (κ2) is 20.0. The highest BCUT2D eigenvalue weighted by molar-refractivity contribution is 7.09. The number of benzene rings is 2. The van der Waals surface area contributed by atoms with Crippen LogP contribution in [0.5, 0.6) is 17.2 Å². The summed E-state index contributed by atoms with van der Waals surface area (Å²) >= 11 is 14.7. The van der Waals surface area contributed by atoms with Gasteiger partial charge in [-0.05, 0) is 93.4 Å². The van der Waals surface area contributed by atoms with E-state index < -0.39 is 0 Å². The summed E-state index contributed by atoms with van der Waals surface area (Å²) in [5.41, 5.74) is 0.837. The number of carbonyl (C=O) groups excluding carboxylic acids is 3. The van der Waals surface area contributed by atoms with Crippen molar-refractivity contribution in [2.24, 2.45) is 0 Å². The van der Waals surface area contributed by atoms with Crippen LogP contribution in [-0.2, 0) is 21.4 Å². The summed E-state index contributed by atoms with van der Waals surface area (Å²) in [5, 5.41) is 6.63. The van der Waals surface area contributed by atoms with Crippen molar-refractivity contribution in [3.8, 4) is 17.2 Å². The number of methoxy groups -OCH3 is 3. The SMILES string of the molecule is CCOC(=O)CCCN1CCN(C(=O)NC2(Cc3cccs3)CCN(CC[C@]3(c4ccc(Cl)c(Cl)c4)CCN(C(=O)c4cc(OC)c(OC)c(OC)c4)C3)CC2)CC1. The molecule has 3 saturated heterocycles. The van der Waals surface area contributed by atoms with Crippen molar-refractivity contribution >= 4 is 52.4 Å². The molecule has 316 valence electrons. The number of hydrogen-bond acceptors (Lipinski definition) is 10. The number of carbonyl (C=O) groups is 3. The van der Waals surface area contributed by atoms with Crippen LogP contribution in [0, 0.1) is 0 Å². The number of halogens is 2. The number of nitrogens with zero attached hydrogens (tertiary/aromatic N) is 4. The molecule has 6 rings (SSSR count). The molecule has 3 aromatic rings. The molecule has 0 bridgehead atoms. The van der Waals surface area contributed by atoms with E-state index in [9.17, 15) is 14.4 Å². The standard InChI is InChI=1S/C43H57Cl2N5O7S/c1-5-57-38(51)9-6-16-47-21-23-49(24-22-47)41(53)46-43(29-33-8-7-25-58-33)14-18-48(19-15-43)17-12-42(32-10-11-34(44)35(45)28-32)13-20-50(30-42)40(52)31-26-36(54-2)39(56-4)37(27-31)55-3/h7-8,10-11,25-28H,5-6,9,12-24,29-30H2,1-4H3,(H,46,53)/t42-/m0/s1. The predicted molar refractivity (Wildman–Crippen MR) is 228 cm³/mol. The number of ether oxygens (including phenoxy) is 4. The zero-order valence-corrected chi connectivity index (χ0v) is 36.5. The third kappa shape index (κ3) is 10.5. The van der Waals surface area contributed by atoms with Crippen LogP contribution < -0.4 is 19.5 Å². The first-order chi connectivity index (χ1) is 28.0. The molecule has 3 aliphatic rings. The molecule has 15 heteroatoms. The van der Waals surface area contributed by atoms with Gasteiger partial charge in [0.05, 0.1) is 38.0 Å². The zero-order chi connectivity index (χ0) is 41.3. The largest absolute Gasteiger partial charge is 0.493 e. The molecule has 4 heterocycles. The summed E-state index contributed by atoms with van der Waals surface area (Å²) in [4.78, 5) is 49.6. The van der Waals surface area contributed by atoms with Crippen LogP contribution in [0.1, 0.15) is 66.2 Å². The number of nitrogens with one attached hydrogen (secondary N) is 1. The van der Waals surface area contributed by atoms with Crippen molar-refractivity contribution in [1.82, 2.24) is 24.9 Å². The molecule has 0 unspecified atom stereocenters. The van der Waals surface area contributed by atoms with Crippen molar-refractivity contribution < 1.29 is 33.3 Å². The number of esters is 1. The van der Waals surface area contributed by atoms with E-state index in [2.05, 4.69) is 32.6 Å². The summed E-state index contributed by atoms with van der Waals surface area (Å²) < 4.78 is 21.7. The average Bonchev–Trinajstić information content (AvgIpc) is 3.92. The quantitative estimate of drug-likeness (QED) is 0.152. The van der Waals surface area contributed by atoms with Gasteiger partial charge >= 0.3 is 12.0 Å². The van der Waals surface area contributed by atoms with Gasteiger partial charge in [-0.3, -0.25) is 14.5 Å². The molecular formula is C43H57Cl2N5O7S. The van der Waals surface area contributed by atoms with Crippen molar-refractivity contribution in [3.05, 3.63) is 73.9 Å². The van der Waals surface area contributed by atoms with E-state index in [1.54, 1.807) is 44.8 Å². The van der Waals surface area contributed by atoms with Gasteiger partial charge in [0.1, 0.15) is 0 Å². The minimum absolute atomic E-state index is 0.00226. The first-order valence-electron chi connectivity index (χ1n) is 20.3. The van der Waals surface area contributed by atoms with Gasteiger partial charge in [-0.15, -0.1) is 11.3 Å². The van der Waals surface area contributed by atoms with Crippen molar-refractivity contribution in [3.63, 3.8) is 0 Å². The Labute approximate surface area is 356 Å². The number of piperidine rings is 1. The van der Waals surface area contributed by atoms with E-state index in [4.69, 9.17) is 42.1 Å². The summed E-state index contributed by atoms with van der Waals surface area (Å²) in [6.45, 7) is 9.53. The molecule has 0 aliphatic carbocycles. The Morgan fingerprint density at radius 3 is 2.14 bits per heavy atom. The van der Waals surface area contributed by atoms with Crippen LogP contribution in [0.2, 0.25) is 10.0 Å². The lowest BCUT2D eigenvalue weighted by Crippen LogP contribution is -2.61. The number of rotatable bonds is 16. The minimum atomic E-state index is -0.354. The van der Waals surface area contributed by atoms with Gasteiger partial charge in [0.15, 0.2) is 11.5 Å². The first-order valence-corrected chi connectivity index (χ1v) is 21.9. The molecule has 0 radical (unpaired) electrons. The van der Waals surface area contributed by atoms with Gasteiger partial charge in [-0.25, -0.2) is 4.79 Å². The molecule has 12 nitrogen and oxygen atoms in total. The Bertz CT molecular complexity index is 1840. The molecular weight excluding hydrogens is 801 g/mol. The van der Waals surface area contributed by atoms with Crippen LogP contribution in [0.25, 0.3) is 0 Å². The maximum Gasteiger partial charge on any atom is 0.317 e. The van der Waals surface area contributed by atoms with Crippen LogP contribution in [0.3, 0.4) is 0 Å². The van der Waals surface area contributed by atoms with Gasteiger partial charge in [0, 0.05) is 86.6 Å². The van der Waals surface area contributed by atoms with Gasteiger partial charge in [0.25, 0.3) is 5.91 Å². The van der Waals surface area contributed by atoms with E-state index >= 15 is 0 Å². The third-order valence-electron chi connectivity index (χ3n) is 12.1. The summed E-state index contributed by atoms with van der Waals surface area (Å²) in [5.74, 6) is 1.03. The molecule has 3 aliphatic heterocycles. The Morgan fingerprint density at radius 2 is 1.52 bits per heavy atom. The number of likely N-dealkylation sites (tertiary alicyclic amines) is 2. The first kappa shape index (κ1) is 43.8. The number of thiophene rings is 1. The van der Waals surface area contributed by atoms with Crippen molar-refractivity contribution in [2.75, 3.05) is 93.4 Å². The number of hydrogen-bond donors (Lipinski definition) is 1. The normalized spacial score (nSPS) is 19.8. The third-order valence-corrected chi connectivity index (χ3v) is 13.7. The topological polar surface area (TPSA) is 113 Å². The summed E-state index contributed by atoms with van der Waals surface area (Å²) in [6, 6.07) is 13.5. The van der Waals surface area contributed by atoms with Gasteiger partial charge < -0.3 is 39.0 Å². The lowest BCUT2D eigenvalue weighted by Gasteiger charge is -2.45. The zero-order valence-electron chi connectivity index (χ0n) is 34.2. The van der Waals surface area contributed by atoms with E-state index in [1.807, 2.05) is 34.9 Å². The molecule has 1 N–H and O–H groups in total. The number of piperazine rings is 1. The fourth-order valence-corrected chi connectivity index (χ4v) is 9.82. The molecule has 58 heavy (non-hydrogen) atoms. The van der Waals surface area contributed by atoms with E-state index in [1.165, 1.54) is 4.88 Å². The lowest BCUT2D eigenvalue weighted by atomic mass is 9.76. The smallest absolute Gasteiger partial charge is 0.317 e. The highest BCUT2D eigenvalue weighted by atomic mass is 35.5. The van der Waals surface area contributed by atoms with Crippen LogP contribution in [0.4, 0.5) is 4.79 Å². The highest BCUT2D eigenvalue weighted by Crippen LogP contribution is 2.43. The number of amides is 3. The fourth-order valence-electron chi connectivity index (χ4n) is 8.67. The summed E-state index contributed by atoms with van der Waals surface area (Å²) in [6.07, 6.45) is 5.22. The Morgan fingerprint density at radius 1 is 0.810 bits per heavy atom. The van der Waals surface area contributed by atoms with Gasteiger partial charge in [-0.2, -0.15) is 0 Å². The lowest BCUT2D eigenvalue weighted by molar-refractivity contribution is -0.143. The van der Waals surface area contributed by atoms with E-state index in [0.29, 0.717) is 72.1 Å². The maximum absolute atomic E-state index is 14.1. The minimum Gasteiger partial charge on any atom is -0.493 e. The van der Waals surface area contributed by atoms with Gasteiger partial charge in [0.2, 0.25) is 5.75 Å². The Hall–Kier alpha value is -3.75. The highest BCUT2D eigenvalue weighted by Gasteiger charge is 2.43. The fraction of sp³-hybridized carbons (Fsp3) is 0.558. The van der Waals surface area contributed by atoms with Crippen LogP contribution in [-0.4, -0.2) is 136 Å². The molecule has 1 atom stereocenters. The molecule has 3 amide bonds. The van der Waals surface area contributed by atoms with E-state index in [0.717, 1.165) is 83.4 Å². The average molecular weight is 859 g/mol. The second-order valence-electron chi connectivity index (χ2n) is 15.6. The number of urea groups is 1. The molecule has 2 aromatic carbocycles. The monoisotopic (exact) mass is 857 g/mol. The summed E-state index contributed by atoms with van der Waals surface area (Å²) in [7, 11) is 4.62. The molecule has 3 fully saturated rings. The van der Waals surface area contributed by atoms with Gasteiger partial charge in [-0.1, -0.05) is 35.3 Å². The Kier molecular flexibility index (Phi) is 15.1. The van der Waals surface area contributed by atoms with Crippen LogP contribution >= 0.6 is 34.5 Å².